The van der Waals surface area contributed by atoms with Gasteiger partial charge in [-0.1, -0.05) is 140 Å². The summed E-state index contributed by atoms with van der Waals surface area (Å²) in [6.45, 7) is 6.35. The molecule has 0 amide bonds. The number of rotatable bonds is 7. The highest BCUT2D eigenvalue weighted by molar-refractivity contribution is 6.21. The van der Waals surface area contributed by atoms with Gasteiger partial charge in [-0.15, -0.1) is 0 Å². The van der Waals surface area contributed by atoms with Gasteiger partial charge in [0, 0.05) is 54.9 Å². The Morgan fingerprint density at radius 1 is 0.534 bits per heavy atom. The zero-order valence-corrected chi connectivity index (χ0v) is 31.8. The minimum absolute atomic E-state index is 0.661. The summed E-state index contributed by atoms with van der Waals surface area (Å²) in [6.07, 6.45) is 6.26. The quantitative estimate of drug-likeness (QED) is 0.163. The van der Waals surface area contributed by atoms with E-state index in [1.807, 2.05) is 42.5 Å². The predicted octanol–water partition coefficient (Wildman–Crippen LogP) is 14.1. The number of nitrogens with zero attached hydrogens (tertiary/aromatic N) is 4. The summed E-state index contributed by atoms with van der Waals surface area (Å²) < 4.78 is 11.7. The molecule has 5 heteroatoms. The molecule has 0 saturated carbocycles. The molecule has 11 rings (SSSR count). The van der Waals surface area contributed by atoms with Crippen molar-refractivity contribution in [2.24, 2.45) is 0 Å². The molecule has 0 fully saturated rings. The van der Waals surface area contributed by atoms with Gasteiger partial charge in [-0.25, -0.2) is 9.97 Å². The van der Waals surface area contributed by atoms with Crippen LogP contribution in [0.4, 0.5) is 0 Å². The number of para-hydroxylation sites is 3. The fourth-order valence-electron chi connectivity index (χ4n) is 8.68. The molecule has 11 aromatic rings. The lowest BCUT2D eigenvalue weighted by Gasteiger charge is -2.13. The molecular weight excluding hydrogens is 709 g/mol. The van der Waals surface area contributed by atoms with Crippen molar-refractivity contribution in [1.82, 2.24) is 19.1 Å². The van der Waals surface area contributed by atoms with Crippen molar-refractivity contribution in [2.75, 3.05) is 0 Å². The van der Waals surface area contributed by atoms with Crippen LogP contribution >= 0.6 is 0 Å². The van der Waals surface area contributed by atoms with Gasteiger partial charge in [0.1, 0.15) is 5.58 Å². The molecule has 0 bridgehead atoms. The maximum atomic E-state index is 6.90. The molecule has 4 aromatic heterocycles. The Morgan fingerprint density at radius 3 is 1.88 bits per heavy atom. The second kappa shape index (κ2) is 13.5. The molecule has 0 atom stereocenters. The van der Waals surface area contributed by atoms with Gasteiger partial charge in [0.2, 0.25) is 0 Å². The molecule has 0 unspecified atom stereocenters. The summed E-state index contributed by atoms with van der Waals surface area (Å²) >= 11 is 0. The average Bonchev–Trinajstić information content (AvgIpc) is 3.94. The third-order valence-electron chi connectivity index (χ3n) is 11.2. The van der Waals surface area contributed by atoms with Crippen LogP contribution in [0.2, 0.25) is 0 Å². The second-order valence-electron chi connectivity index (χ2n) is 14.5. The van der Waals surface area contributed by atoms with Crippen molar-refractivity contribution in [3.63, 3.8) is 0 Å². The molecule has 0 spiro atoms. The zero-order chi connectivity index (χ0) is 38.7. The number of hydrogen-bond donors (Lipinski definition) is 0. The molecular formula is C53H36N4O. The molecule has 0 aliphatic heterocycles. The van der Waals surface area contributed by atoms with Crippen molar-refractivity contribution >= 4 is 66.8 Å². The predicted molar refractivity (Wildman–Crippen MR) is 242 cm³/mol. The largest absolute Gasteiger partial charge is 0.454 e. The maximum absolute atomic E-state index is 6.90. The van der Waals surface area contributed by atoms with Crippen molar-refractivity contribution < 1.29 is 4.42 Å². The molecule has 0 saturated heterocycles. The first kappa shape index (κ1) is 33.6. The van der Waals surface area contributed by atoms with E-state index < -0.39 is 0 Å². The number of fused-ring (bicyclic) bond motifs is 8. The molecule has 0 N–H and O–H groups in total. The lowest BCUT2D eigenvalue weighted by Crippen LogP contribution is -2.00. The smallest absolute Gasteiger partial charge is 0.160 e. The van der Waals surface area contributed by atoms with Gasteiger partial charge < -0.3 is 13.6 Å². The van der Waals surface area contributed by atoms with Gasteiger partial charge in [-0.2, -0.15) is 0 Å². The van der Waals surface area contributed by atoms with Crippen LogP contribution < -0.4 is 0 Å². The van der Waals surface area contributed by atoms with E-state index in [-0.39, 0.29) is 0 Å². The second-order valence-corrected chi connectivity index (χ2v) is 14.5. The Bertz CT molecular complexity index is 3350. The minimum Gasteiger partial charge on any atom is -0.454 e. The van der Waals surface area contributed by atoms with E-state index in [1.165, 1.54) is 10.8 Å². The van der Waals surface area contributed by atoms with Crippen LogP contribution in [0.5, 0.6) is 0 Å². The Labute approximate surface area is 335 Å². The molecule has 5 nitrogen and oxygen atoms in total. The monoisotopic (exact) mass is 744 g/mol. The van der Waals surface area contributed by atoms with E-state index in [0.29, 0.717) is 5.82 Å². The highest BCUT2D eigenvalue weighted by Crippen LogP contribution is 2.44. The maximum Gasteiger partial charge on any atom is 0.160 e. The first-order valence-corrected chi connectivity index (χ1v) is 19.6. The van der Waals surface area contributed by atoms with Crippen molar-refractivity contribution in [2.45, 2.75) is 6.92 Å². The first-order valence-electron chi connectivity index (χ1n) is 19.6. The van der Waals surface area contributed by atoms with E-state index >= 15 is 0 Å². The SMILES string of the molecule is C=Cc1c(/C=C\C)n(-c2ccccc2)c2c1ccc1c3ccccc3n(-c3cccc4c3oc3ccc(-c5nc(-c6ccccc6)cc(-c6ccccc6)n5)cc34)c12. The standard InChI is InChI=1S/C53H36N4O/c1-3-17-46-38(4-2)40-29-30-41-39-24-14-15-26-47(39)57(51(41)50(40)56(46)37-22-12-7-13-23-37)48-27-16-25-42-43-32-36(28-31-49(43)58-52(42)48)53-54-44(34-18-8-5-9-19-34)33-45(55-53)35-20-10-6-11-21-35/h3-33H,2H2,1H3/b17-3-. The summed E-state index contributed by atoms with van der Waals surface area (Å²) in [5.74, 6) is 0.661. The number of allylic oxidation sites excluding steroid dienone is 1. The lowest BCUT2D eigenvalue weighted by molar-refractivity contribution is 0.666. The molecule has 58 heavy (non-hydrogen) atoms. The van der Waals surface area contributed by atoms with E-state index in [9.17, 15) is 0 Å². The zero-order valence-electron chi connectivity index (χ0n) is 31.8. The fourth-order valence-corrected chi connectivity index (χ4v) is 8.68. The van der Waals surface area contributed by atoms with Gasteiger partial charge in [0.15, 0.2) is 11.4 Å². The molecule has 4 heterocycles. The molecule has 274 valence electrons. The van der Waals surface area contributed by atoms with Crippen LogP contribution in [0.15, 0.2) is 187 Å². The number of furan rings is 1. The van der Waals surface area contributed by atoms with E-state index in [4.69, 9.17) is 14.4 Å². The first-order chi connectivity index (χ1) is 28.7. The fraction of sp³-hybridized carbons (Fsp3) is 0.0189. The Kier molecular flexibility index (Phi) is 7.79. The number of benzene rings is 7. The number of hydrogen-bond acceptors (Lipinski definition) is 3. The Balaban J connectivity index is 1.18. The Hall–Kier alpha value is -7.76. The molecule has 0 radical (unpaired) electrons. The van der Waals surface area contributed by atoms with Crippen LogP contribution in [0.3, 0.4) is 0 Å². The highest BCUT2D eigenvalue weighted by Gasteiger charge is 2.24. The van der Waals surface area contributed by atoms with Crippen LogP contribution in [-0.2, 0) is 0 Å². The van der Waals surface area contributed by atoms with Crippen molar-refractivity contribution in [3.05, 3.63) is 194 Å². The summed E-state index contributed by atoms with van der Waals surface area (Å²) in [6, 6.07) is 59.2. The normalized spacial score (nSPS) is 11.9. The van der Waals surface area contributed by atoms with Crippen LogP contribution in [0.25, 0.3) is 112 Å². The minimum atomic E-state index is 0.661. The highest BCUT2D eigenvalue weighted by atomic mass is 16.3. The van der Waals surface area contributed by atoms with E-state index in [2.05, 4.69) is 168 Å². The van der Waals surface area contributed by atoms with Crippen molar-refractivity contribution in [1.29, 1.82) is 0 Å². The molecule has 0 aliphatic rings. The van der Waals surface area contributed by atoms with Crippen LogP contribution in [-0.4, -0.2) is 19.1 Å². The summed E-state index contributed by atoms with van der Waals surface area (Å²) in [5.41, 5.74) is 13.9. The summed E-state index contributed by atoms with van der Waals surface area (Å²) in [4.78, 5) is 10.3. The molecule has 0 aliphatic carbocycles. The molecule has 7 aromatic carbocycles. The lowest BCUT2D eigenvalue weighted by atomic mass is 10.1. The van der Waals surface area contributed by atoms with Gasteiger partial charge in [-0.05, 0) is 61.5 Å². The number of aromatic nitrogens is 4. The van der Waals surface area contributed by atoms with Crippen LogP contribution in [0.1, 0.15) is 18.2 Å². The van der Waals surface area contributed by atoms with Crippen LogP contribution in [0, 0.1) is 0 Å². The van der Waals surface area contributed by atoms with E-state index in [0.717, 1.165) is 94.6 Å². The van der Waals surface area contributed by atoms with Gasteiger partial charge in [0.05, 0.1) is 39.3 Å². The Morgan fingerprint density at radius 2 is 1.17 bits per heavy atom. The average molecular weight is 745 g/mol. The van der Waals surface area contributed by atoms with Gasteiger partial charge in [-0.3, -0.25) is 0 Å². The summed E-state index contributed by atoms with van der Waals surface area (Å²) in [7, 11) is 0. The van der Waals surface area contributed by atoms with E-state index in [1.54, 1.807) is 0 Å². The summed E-state index contributed by atoms with van der Waals surface area (Å²) in [5, 5.41) is 5.51. The van der Waals surface area contributed by atoms with Gasteiger partial charge >= 0.3 is 0 Å². The van der Waals surface area contributed by atoms with Crippen molar-refractivity contribution in [3.8, 4) is 45.3 Å². The third kappa shape index (κ3) is 5.17. The third-order valence-corrected chi connectivity index (χ3v) is 11.2. The van der Waals surface area contributed by atoms with Gasteiger partial charge in [0.25, 0.3) is 0 Å². The topological polar surface area (TPSA) is 48.8 Å².